The molecule has 7 nitrogen and oxygen atoms in total. The minimum Gasteiger partial charge on any atom is -0.633 e. The quantitative estimate of drug-likeness (QED) is 0.284. The van der Waals surface area contributed by atoms with E-state index >= 15 is 0 Å². The van der Waals surface area contributed by atoms with Crippen LogP contribution in [0.5, 0.6) is 0 Å². The molecule has 1 aliphatic rings. The number of amides is 1. The molecule has 0 radical (unpaired) electrons. The third-order valence-corrected chi connectivity index (χ3v) is 7.22. The summed E-state index contributed by atoms with van der Waals surface area (Å²) in [5.74, 6) is 0.414. The van der Waals surface area contributed by atoms with E-state index in [4.69, 9.17) is 4.98 Å². The van der Waals surface area contributed by atoms with Gasteiger partial charge in [-0.1, -0.05) is 53.2 Å². The van der Waals surface area contributed by atoms with Crippen LogP contribution >= 0.6 is 15.9 Å². The zero-order valence-electron chi connectivity index (χ0n) is 21.1. The van der Waals surface area contributed by atoms with Gasteiger partial charge in [-0.15, -0.1) is 0 Å². The highest BCUT2D eigenvalue weighted by Gasteiger charge is 2.32. The maximum atomic E-state index is 13.8. The van der Waals surface area contributed by atoms with Gasteiger partial charge in [-0.3, -0.25) is 14.2 Å². The SMILES string of the molecule is CCC(c1nc2c(c(=O)n1Cc1ccccc1)CCC2)N(CC[N+](C)(C)[O-])C(=O)c1ccc(Br)cc1. The van der Waals surface area contributed by atoms with Crippen LogP contribution in [-0.4, -0.2) is 52.2 Å². The molecular weight excluding hydrogens is 520 g/mol. The van der Waals surface area contributed by atoms with Crippen LogP contribution in [-0.2, 0) is 19.4 Å². The van der Waals surface area contributed by atoms with Crippen LogP contribution < -0.4 is 5.56 Å². The van der Waals surface area contributed by atoms with Gasteiger partial charge in [0.1, 0.15) is 5.82 Å². The first-order chi connectivity index (χ1) is 17.2. The molecular formula is C28H33BrN4O3. The summed E-state index contributed by atoms with van der Waals surface area (Å²) in [6, 6.07) is 16.6. The van der Waals surface area contributed by atoms with E-state index in [-0.39, 0.29) is 24.6 Å². The highest BCUT2D eigenvalue weighted by molar-refractivity contribution is 9.10. The Hall–Kier alpha value is -2.81. The van der Waals surface area contributed by atoms with Crippen LogP contribution in [0, 0.1) is 5.21 Å². The van der Waals surface area contributed by atoms with E-state index in [1.54, 1.807) is 35.7 Å². The number of fused-ring (bicyclic) bond motifs is 1. The number of likely N-dealkylation sites (N-methyl/N-ethyl adjacent to an activating group) is 1. The molecule has 1 atom stereocenters. The van der Waals surface area contributed by atoms with Crippen LogP contribution in [0.15, 0.2) is 63.9 Å². The molecule has 36 heavy (non-hydrogen) atoms. The fourth-order valence-electron chi connectivity index (χ4n) is 4.77. The van der Waals surface area contributed by atoms with Crippen LogP contribution in [0.2, 0.25) is 0 Å². The number of halogens is 1. The zero-order valence-corrected chi connectivity index (χ0v) is 22.7. The average Bonchev–Trinajstić information content (AvgIpc) is 3.33. The topological polar surface area (TPSA) is 78.3 Å². The number of aryl methyl sites for hydroxylation is 1. The van der Waals surface area contributed by atoms with Crippen LogP contribution in [0.3, 0.4) is 0 Å². The molecule has 0 fully saturated rings. The second-order valence-electron chi connectivity index (χ2n) is 9.85. The Labute approximate surface area is 220 Å². The van der Waals surface area contributed by atoms with Crippen molar-refractivity contribution in [3.8, 4) is 0 Å². The predicted octanol–water partition coefficient (Wildman–Crippen LogP) is 4.71. The lowest BCUT2D eigenvalue weighted by molar-refractivity contribution is -0.839. The van der Waals surface area contributed by atoms with E-state index in [0.717, 1.165) is 40.6 Å². The zero-order chi connectivity index (χ0) is 25.9. The molecule has 0 N–H and O–H groups in total. The number of carbonyl (C=O) groups is 1. The largest absolute Gasteiger partial charge is 0.633 e. The molecule has 0 aliphatic heterocycles. The number of hydroxylamine groups is 3. The molecule has 0 spiro atoms. The van der Waals surface area contributed by atoms with Gasteiger partial charge in [-0.25, -0.2) is 4.98 Å². The van der Waals surface area contributed by atoms with Crippen molar-refractivity contribution in [2.24, 2.45) is 0 Å². The highest BCUT2D eigenvalue weighted by atomic mass is 79.9. The third kappa shape index (κ3) is 5.94. The first kappa shape index (κ1) is 26.3. The summed E-state index contributed by atoms with van der Waals surface area (Å²) in [6.45, 7) is 2.86. The summed E-state index contributed by atoms with van der Waals surface area (Å²) >= 11 is 3.43. The van der Waals surface area contributed by atoms with E-state index in [0.29, 0.717) is 24.4 Å². The summed E-state index contributed by atoms with van der Waals surface area (Å²) in [6.07, 6.45) is 2.98. The molecule has 190 valence electrons. The first-order valence-corrected chi connectivity index (χ1v) is 13.2. The van der Waals surface area contributed by atoms with E-state index < -0.39 is 10.7 Å². The molecule has 3 aromatic rings. The van der Waals surface area contributed by atoms with Gasteiger partial charge in [0.2, 0.25) is 0 Å². The van der Waals surface area contributed by atoms with Crippen molar-refractivity contribution >= 4 is 21.8 Å². The van der Waals surface area contributed by atoms with Gasteiger partial charge in [-0.2, -0.15) is 0 Å². The standard InChI is InChI=1S/C28H33BrN4O3/c1-4-25(31(17-18-33(2,3)36)27(34)21-13-15-22(29)16-14-21)26-30-24-12-8-11-23(24)28(35)32(26)19-20-9-6-5-7-10-20/h5-7,9-10,13-16,25H,4,8,11-12,17-19H2,1-3H3. The number of hydrogen-bond acceptors (Lipinski definition) is 4. The van der Waals surface area contributed by atoms with Crippen molar-refractivity contribution in [2.75, 3.05) is 27.2 Å². The third-order valence-electron chi connectivity index (χ3n) is 6.69. The molecule has 1 aliphatic carbocycles. The Morgan fingerprint density at radius 2 is 1.83 bits per heavy atom. The molecule has 4 rings (SSSR count). The number of hydrogen-bond donors (Lipinski definition) is 0. The van der Waals surface area contributed by atoms with Crippen LogP contribution in [0.4, 0.5) is 0 Å². The minimum atomic E-state index is -0.519. The molecule has 0 bridgehead atoms. The second-order valence-corrected chi connectivity index (χ2v) is 10.8. The van der Waals surface area contributed by atoms with Crippen molar-refractivity contribution in [1.29, 1.82) is 0 Å². The maximum Gasteiger partial charge on any atom is 0.257 e. The van der Waals surface area contributed by atoms with Gasteiger partial charge in [0.05, 0.1) is 45.5 Å². The lowest BCUT2D eigenvalue weighted by Gasteiger charge is -2.38. The monoisotopic (exact) mass is 552 g/mol. The van der Waals surface area contributed by atoms with Gasteiger partial charge < -0.3 is 14.8 Å². The van der Waals surface area contributed by atoms with E-state index in [1.807, 2.05) is 49.4 Å². The van der Waals surface area contributed by atoms with Gasteiger partial charge in [0.25, 0.3) is 11.5 Å². The lowest BCUT2D eigenvalue weighted by atomic mass is 10.1. The number of benzene rings is 2. The summed E-state index contributed by atoms with van der Waals surface area (Å²) < 4.78 is 2.11. The first-order valence-electron chi connectivity index (χ1n) is 12.4. The molecule has 2 aromatic carbocycles. The Balaban J connectivity index is 1.82. The smallest absolute Gasteiger partial charge is 0.257 e. The van der Waals surface area contributed by atoms with Gasteiger partial charge in [0, 0.05) is 15.6 Å². The lowest BCUT2D eigenvalue weighted by Crippen LogP contribution is -2.46. The van der Waals surface area contributed by atoms with Crippen molar-refractivity contribution in [3.05, 3.63) is 103 Å². The summed E-state index contributed by atoms with van der Waals surface area (Å²) in [5.41, 5.74) is 3.14. The molecule has 1 aromatic heterocycles. The summed E-state index contributed by atoms with van der Waals surface area (Å²) in [7, 11) is 3.14. The minimum absolute atomic E-state index is 0.0224. The molecule has 0 saturated carbocycles. The van der Waals surface area contributed by atoms with Crippen molar-refractivity contribution in [2.45, 2.75) is 45.2 Å². The van der Waals surface area contributed by atoms with E-state index in [9.17, 15) is 14.8 Å². The number of aromatic nitrogens is 2. The summed E-state index contributed by atoms with van der Waals surface area (Å²) in [4.78, 5) is 34.2. The Bertz CT molecular complexity index is 1270. The number of quaternary nitrogens is 1. The van der Waals surface area contributed by atoms with Gasteiger partial charge >= 0.3 is 0 Å². The van der Waals surface area contributed by atoms with Crippen LogP contribution in [0.25, 0.3) is 0 Å². The van der Waals surface area contributed by atoms with Gasteiger partial charge in [0.15, 0.2) is 0 Å². The second kappa shape index (κ2) is 11.1. The molecule has 8 heteroatoms. The van der Waals surface area contributed by atoms with E-state index in [2.05, 4.69) is 15.9 Å². The number of nitrogens with zero attached hydrogens (tertiary/aromatic N) is 4. The van der Waals surface area contributed by atoms with Gasteiger partial charge in [-0.05, 0) is 55.5 Å². The Morgan fingerprint density at radius 1 is 1.14 bits per heavy atom. The fraction of sp³-hybridized carbons (Fsp3) is 0.393. The van der Waals surface area contributed by atoms with Crippen molar-refractivity contribution in [1.82, 2.24) is 14.5 Å². The Kier molecular flexibility index (Phi) is 8.07. The number of rotatable bonds is 9. The Morgan fingerprint density at radius 3 is 2.47 bits per heavy atom. The molecule has 0 saturated heterocycles. The molecule has 1 heterocycles. The normalized spacial score (nSPS) is 13.9. The molecule has 1 unspecified atom stereocenters. The average molecular weight is 554 g/mol. The predicted molar refractivity (Wildman–Crippen MR) is 145 cm³/mol. The van der Waals surface area contributed by atoms with Crippen molar-refractivity contribution < 1.29 is 9.44 Å². The van der Waals surface area contributed by atoms with E-state index in [1.165, 1.54) is 0 Å². The number of carbonyl (C=O) groups excluding carboxylic acids is 1. The highest BCUT2D eigenvalue weighted by Crippen LogP contribution is 2.28. The van der Waals surface area contributed by atoms with Crippen LogP contribution in [0.1, 0.15) is 58.8 Å². The fourth-order valence-corrected chi connectivity index (χ4v) is 5.03. The molecule has 1 amide bonds. The maximum absolute atomic E-state index is 13.8. The van der Waals surface area contributed by atoms with Crippen molar-refractivity contribution in [3.63, 3.8) is 0 Å². The summed E-state index contributed by atoms with van der Waals surface area (Å²) in [5, 5.41) is 12.5.